The standard InChI is InChI=1S/C12H24N2O2/c1-12(2)6-3-9(4-7-12)16-8-5-10(13)11(14)15/h9-10H,3-8,13H2,1-2H3,(H2,14,15). The molecule has 0 bridgehead atoms. The number of rotatable bonds is 5. The van der Waals surface area contributed by atoms with Crippen molar-refractivity contribution in [1.29, 1.82) is 0 Å². The van der Waals surface area contributed by atoms with Gasteiger partial charge in [-0.25, -0.2) is 0 Å². The zero-order chi connectivity index (χ0) is 12.2. The van der Waals surface area contributed by atoms with Crippen LogP contribution in [0.15, 0.2) is 0 Å². The highest BCUT2D eigenvalue weighted by atomic mass is 16.5. The average molecular weight is 228 g/mol. The molecular weight excluding hydrogens is 204 g/mol. The van der Waals surface area contributed by atoms with E-state index in [0.717, 1.165) is 12.8 Å². The van der Waals surface area contributed by atoms with Gasteiger partial charge in [0.05, 0.1) is 12.1 Å². The first kappa shape index (κ1) is 13.5. The van der Waals surface area contributed by atoms with Crippen molar-refractivity contribution in [2.75, 3.05) is 6.61 Å². The fraction of sp³-hybridized carbons (Fsp3) is 0.917. The molecule has 1 unspecified atom stereocenters. The van der Waals surface area contributed by atoms with Gasteiger partial charge in [-0.3, -0.25) is 4.79 Å². The Morgan fingerprint density at radius 1 is 1.44 bits per heavy atom. The van der Waals surface area contributed by atoms with E-state index in [1.165, 1.54) is 12.8 Å². The maximum Gasteiger partial charge on any atom is 0.234 e. The third-order valence-corrected chi connectivity index (χ3v) is 3.43. The second kappa shape index (κ2) is 5.64. The molecule has 0 radical (unpaired) electrons. The smallest absolute Gasteiger partial charge is 0.234 e. The van der Waals surface area contributed by atoms with Crippen LogP contribution >= 0.6 is 0 Å². The van der Waals surface area contributed by atoms with E-state index in [4.69, 9.17) is 16.2 Å². The summed E-state index contributed by atoms with van der Waals surface area (Å²) >= 11 is 0. The Morgan fingerprint density at radius 2 is 2.00 bits per heavy atom. The Kier molecular flexibility index (Phi) is 4.74. The van der Waals surface area contributed by atoms with E-state index < -0.39 is 11.9 Å². The Hall–Kier alpha value is -0.610. The van der Waals surface area contributed by atoms with Gasteiger partial charge in [-0.15, -0.1) is 0 Å². The normalized spacial score (nSPS) is 22.9. The van der Waals surface area contributed by atoms with Crippen LogP contribution in [0.1, 0.15) is 46.0 Å². The number of primary amides is 1. The van der Waals surface area contributed by atoms with Gasteiger partial charge in [0, 0.05) is 6.61 Å². The Balaban J connectivity index is 2.13. The van der Waals surface area contributed by atoms with E-state index in [0.29, 0.717) is 24.5 Å². The fourth-order valence-electron chi connectivity index (χ4n) is 2.04. The van der Waals surface area contributed by atoms with Gasteiger partial charge in [0.2, 0.25) is 5.91 Å². The fourth-order valence-corrected chi connectivity index (χ4v) is 2.04. The van der Waals surface area contributed by atoms with Crippen LogP contribution in [0, 0.1) is 5.41 Å². The van der Waals surface area contributed by atoms with Gasteiger partial charge in [0.25, 0.3) is 0 Å². The summed E-state index contributed by atoms with van der Waals surface area (Å²) < 4.78 is 5.71. The molecule has 1 amide bonds. The lowest BCUT2D eigenvalue weighted by Crippen LogP contribution is -2.37. The quantitative estimate of drug-likeness (QED) is 0.741. The van der Waals surface area contributed by atoms with E-state index in [1.54, 1.807) is 0 Å². The molecule has 1 saturated carbocycles. The molecule has 4 N–H and O–H groups in total. The van der Waals surface area contributed by atoms with Gasteiger partial charge in [-0.05, 0) is 37.5 Å². The average Bonchev–Trinajstić information content (AvgIpc) is 2.20. The second-order valence-corrected chi connectivity index (χ2v) is 5.53. The highest BCUT2D eigenvalue weighted by Crippen LogP contribution is 2.36. The Morgan fingerprint density at radius 3 is 2.50 bits per heavy atom. The lowest BCUT2D eigenvalue weighted by molar-refractivity contribution is -0.119. The predicted molar refractivity (Wildman–Crippen MR) is 63.8 cm³/mol. The van der Waals surface area contributed by atoms with Crippen LogP contribution < -0.4 is 11.5 Å². The van der Waals surface area contributed by atoms with E-state index in [2.05, 4.69) is 13.8 Å². The Bertz CT molecular complexity index is 231. The van der Waals surface area contributed by atoms with Crippen molar-refractivity contribution in [1.82, 2.24) is 0 Å². The molecule has 0 saturated heterocycles. The molecular formula is C12H24N2O2. The van der Waals surface area contributed by atoms with E-state index in [-0.39, 0.29) is 0 Å². The van der Waals surface area contributed by atoms with Crippen molar-refractivity contribution < 1.29 is 9.53 Å². The van der Waals surface area contributed by atoms with E-state index in [9.17, 15) is 4.79 Å². The summed E-state index contributed by atoms with van der Waals surface area (Å²) in [5, 5.41) is 0. The summed E-state index contributed by atoms with van der Waals surface area (Å²) in [5.74, 6) is -0.451. The molecule has 16 heavy (non-hydrogen) atoms. The lowest BCUT2D eigenvalue weighted by atomic mass is 9.76. The van der Waals surface area contributed by atoms with Crippen molar-refractivity contribution in [2.24, 2.45) is 16.9 Å². The summed E-state index contributed by atoms with van der Waals surface area (Å²) in [6.45, 7) is 5.13. The van der Waals surface area contributed by atoms with Crippen LogP contribution in [-0.4, -0.2) is 24.7 Å². The number of carbonyl (C=O) groups excluding carboxylic acids is 1. The molecule has 0 heterocycles. The molecule has 1 aliphatic carbocycles. The number of hydrogen-bond donors (Lipinski definition) is 2. The van der Waals surface area contributed by atoms with Gasteiger partial charge in [0.1, 0.15) is 0 Å². The molecule has 94 valence electrons. The zero-order valence-corrected chi connectivity index (χ0v) is 10.4. The van der Waals surface area contributed by atoms with Gasteiger partial charge in [-0.1, -0.05) is 13.8 Å². The molecule has 0 aromatic heterocycles. The predicted octanol–water partition coefficient (Wildman–Crippen LogP) is 1.17. The first-order chi connectivity index (χ1) is 7.41. The van der Waals surface area contributed by atoms with Crippen LogP contribution in [0.4, 0.5) is 0 Å². The molecule has 0 aromatic rings. The molecule has 1 atom stereocenters. The van der Waals surface area contributed by atoms with Crippen molar-refractivity contribution in [3.8, 4) is 0 Å². The second-order valence-electron chi connectivity index (χ2n) is 5.53. The third-order valence-electron chi connectivity index (χ3n) is 3.43. The minimum Gasteiger partial charge on any atom is -0.378 e. The summed E-state index contributed by atoms with van der Waals surface area (Å²) in [6.07, 6.45) is 5.50. The van der Waals surface area contributed by atoms with Crippen molar-refractivity contribution in [2.45, 2.75) is 58.1 Å². The number of ether oxygens (including phenoxy) is 1. The first-order valence-electron chi connectivity index (χ1n) is 6.07. The minimum atomic E-state index is -0.569. The number of hydrogen-bond acceptors (Lipinski definition) is 3. The van der Waals surface area contributed by atoms with Gasteiger partial charge >= 0.3 is 0 Å². The largest absolute Gasteiger partial charge is 0.378 e. The SMILES string of the molecule is CC1(C)CCC(OCCC(N)C(N)=O)CC1. The minimum absolute atomic E-state index is 0.341. The maximum atomic E-state index is 10.7. The number of nitrogens with two attached hydrogens (primary N) is 2. The first-order valence-corrected chi connectivity index (χ1v) is 6.07. The summed E-state index contributed by atoms with van der Waals surface area (Å²) in [4.78, 5) is 10.7. The summed E-state index contributed by atoms with van der Waals surface area (Å²) in [6, 6.07) is -0.569. The molecule has 1 rings (SSSR count). The number of amides is 1. The molecule has 0 aliphatic heterocycles. The molecule has 4 heteroatoms. The Labute approximate surface area is 97.7 Å². The highest BCUT2D eigenvalue weighted by Gasteiger charge is 2.27. The van der Waals surface area contributed by atoms with Crippen LogP contribution in [0.2, 0.25) is 0 Å². The van der Waals surface area contributed by atoms with E-state index >= 15 is 0 Å². The maximum absolute atomic E-state index is 10.7. The molecule has 1 aliphatic rings. The lowest BCUT2D eigenvalue weighted by Gasteiger charge is -2.34. The molecule has 0 aromatic carbocycles. The van der Waals surface area contributed by atoms with Crippen LogP contribution in [0.3, 0.4) is 0 Å². The monoisotopic (exact) mass is 228 g/mol. The van der Waals surface area contributed by atoms with Crippen LogP contribution in [-0.2, 0) is 9.53 Å². The van der Waals surface area contributed by atoms with Gasteiger partial charge in [-0.2, -0.15) is 0 Å². The van der Waals surface area contributed by atoms with Crippen molar-refractivity contribution >= 4 is 5.91 Å². The highest BCUT2D eigenvalue weighted by molar-refractivity contribution is 5.79. The molecule has 4 nitrogen and oxygen atoms in total. The van der Waals surface area contributed by atoms with Gasteiger partial charge < -0.3 is 16.2 Å². The van der Waals surface area contributed by atoms with Gasteiger partial charge in [0.15, 0.2) is 0 Å². The summed E-state index contributed by atoms with van der Waals surface area (Å²) in [5.41, 5.74) is 11.1. The number of carbonyl (C=O) groups is 1. The van der Waals surface area contributed by atoms with E-state index in [1.807, 2.05) is 0 Å². The van der Waals surface area contributed by atoms with Crippen molar-refractivity contribution in [3.63, 3.8) is 0 Å². The van der Waals surface area contributed by atoms with Crippen LogP contribution in [0.25, 0.3) is 0 Å². The molecule has 0 spiro atoms. The van der Waals surface area contributed by atoms with Crippen molar-refractivity contribution in [3.05, 3.63) is 0 Å². The molecule has 1 fully saturated rings. The summed E-state index contributed by atoms with van der Waals surface area (Å²) in [7, 11) is 0. The van der Waals surface area contributed by atoms with Crippen LogP contribution in [0.5, 0.6) is 0 Å². The zero-order valence-electron chi connectivity index (χ0n) is 10.4. The topological polar surface area (TPSA) is 78.3 Å². The third kappa shape index (κ3) is 4.49.